The minimum Gasteiger partial charge on any atom is -0.429 e. The van der Waals surface area contributed by atoms with Crippen molar-refractivity contribution in [3.63, 3.8) is 0 Å². The zero-order valence-electron chi connectivity index (χ0n) is 12.9. The number of hydrogen-bond acceptors (Lipinski definition) is 7. The maximum absolute atomic E-state index is 12.0. The third-order valence-corrected chi connectivity index (χ3v) is 4.59. The van der Waals surface area contributed by atoms with E-state index in [2.05, 4.69) is 20.6 Å². The van der Waals surface area contributed by atoms with Gasteiger partial charge in [0.05, 0.1) is 22.7 Å². The molecule has 25 heavy (non-hydrogen) atoms. The van der Waals surface area contributed by atoms with Crippen molar-refractivity contribution in [2.75, 3.05) is 10.6 Å². The Kier molecular flexibility index (Phi) is 3.87. The second-order valence-corrected chi connectivity index (χ2v) is 6.24. The molecule has 0 aliphatic carbocycles. The number of ether oxygens (including phenoxy) is 1. The highest BCUT2D eigenvalue weighted by Crippen LogP contribution is 2.37. The number of anilines is 3. The fraction of sp³-hybridized carbons (Fsp3) is 0.0588. The van der Waals surface area contributed by atoms with E-state index in [-0.39, 0.29) is 12.3 Å². The standard InChI is InChI=1S/C17H12N4O3S/c22-9-24-12-3-1-11(2-4-12)19-17-18-8-10-7-14(23)20-13-5-6-25-16(13)15(10)21-17/h1-6,8-9H,7H2,(H,20,23)(H,18,19,21). The first-order chi connectivity index (χ1) is 12.2. The second-order valence-electron chi connectivity index (χ2n) is 5.32. The van der Waals surface area contributed by atoms with Gasteiger partial charge >= 0.3 is 0 Å². The highest BCUT2D eigenvalue weighted by Gasteiger charge is 2.22. The maximum Gasteiger partial charge on any atom is 0.298 e. The number of nitrogens with zero attached hydrogens (tertiary/aromatic N) is 2. The molecule has 0 spiro atoms. The minimum atomic E-state index is -0.0755. The van der Waals surface area contributed by atoms with E-state index in [1.165, 1.54) is 11.3 Å². The summed E-state index contributed by atoms with van der Waals surface area (Å²) in [6.07, 6.45) is 1.91. The van der Waals surface area contributed by atoms with Gasteiger partial charge in [0.15, 0.2) is 0 Å². The van der Waals surface area contributed by atoms with E-state index < -0.39 is 0 Å². The average molecular weight is 352 g/mol. The highest BCUT2D eigenvalue weighted by atomic mass is 32.1. The van der Waals surface area contributed by atoms with Crippen molar-refractivity contribution < 1.29 is 14.3 Å². The maximum atomic E-state index is 12.0. The lowest BCUT2D eigenvalue weighted by Gasteiger charge is -2.09. The fourth-order valence-corrected chi connectivity index (χ4v) is 3.43. The van der Waals surface area contributed by atoms with Crippen LogP contribution in [0.15, 0.2) is 41.9 Å². The Morgan fingerprint density at radius 2 is 2.08 bits per heavy atom. The SMILES string of the molecule is O=COc1ccc(Nc2ncc3c(n2)-c2sccc2NC(=O)C3)cc1. The van der Waals surface area contributed by atoms with Crippen LogP contribution in [0.4, 0.5) is 17.3 Å². The summed E-state index contributed by atoms with van der Waals surface area (Å²) in [5.74, 6) is 0.807. The van der Waals surface area contributed by atoms with Gasteiger partial charge in [0.1, 0.15) is 5.75 Å². The molecule has 2 N–H and O–H groups in total. The summed E-state index contributed by atoms with van der Waals surface area (Å²) in [5.41, 5.74) is 3.07. The van der Waals surface area contributed by atoms with Crippen LogP contribution in [0.3, 0.4) is 0 Å². The predicted octanol–water partition coefficient (Wildman–Crippen LogP) is 2.98. The largest absolute Gasteiger partial charge is 0.429 e. The molecular formula is C17H12N4O3S. The molecule has 3 heterocycles. The van der Waals surface area contributed by atoms with Crippen LogP contribution in [0, 0.1) is 0 Å². The van der Waals surface area contributed by atoms with Gasteiger partial charge < -0.3 is 15.4 Å². The number of benzene rings is 1. The molecule has 1 aliphatic heterocycles. The van der Waals surface area contributed by atoms with Crippen LogP contribution in [-0.4, -0.2) is 22.3 Å². The minimum absolute atomic E-state index is 0.0755. The smallest absolute Gasteiger partial charge is 0.298 e. The predicted molar refractivity (Wildman–Crippen MR) is 94.1 cm³/mol. The summed E-state index contributed by atoms with van der Waals surface area (Å²) < 4.78 is 4.76. The van der Waals surface area contributed by atoms with Gasteiger partial charge in [-0.05, 0) is 35.7 Å². The first-order valence-corrected chi connectivity index (χ1v) is 8.32. The molecule has 1 aliphatic rings. The number of carbonyl (C=O) groups is 2. The molecule has 0 atom stereocenters. The first-order valence-electron chi connectivity index (χ1n) is 7.44. The van der Waals surface area contributed by atoms with Crippen molar-refractivity contribution in [1.29, 1.82) is 0 Å². The zero-order valence-corrected chi connectivity index (χ0v) is 13.7. The molecule has 1 aromatic carbocycles. The Labute approximate surface area is 146 Å². The van der Waals surface area contributed by atoms with Gasteiger partial charge in [-0.15, -0.1) is 11.3 Å². The van der Waals surface area contributed by atoms with Crippen LogP contribution in [0.5, 0.6) is 5.75 Å². The van der Waals surface area contributed by atoms with Gasteiger partial charge in [0.2, 0.25) is 11.9 Å². The summed E-state index contributed by atoms with van der Waals surface area (Å²) in [7, 11) is 0. The van der Waals surface area contributed by atoms with Crippen molar-refractivity contribution >= 4 is 41.0 Å². The number of rotatable bonds is 4. The van der Waals surface area contributed by atoms with Crippen LogP contribution >= 0.6 is 11.3 Å². The lowest BCUT2D eigenvalue weighted by atomic mass is 10.1. The quantitative estimate of drug-likeness (QED) is 0.701. The van der Waals surface area contributed by atoms with E-state index in [1.54, 1.807) is 30.5 Å². The zero-order chi connectivity index (χ0) is 17.2. The summed E-state index contributed by atoms with van der Waals surface area (Å²) >= 11 is 1.52. The molecule has 1 amide bonds. The number of aromatic nitrogens is 2. The fourth-order valence-electron chi connectivity index (χ4n) is 2.55. The third kappa shape index (κ3) is 3.07. The molecule has 124 valence electrons. The number of fused-ring (bicyclic) bond motifs is 3. The molecule has 0 bridgehead atoms. The van der Waals surface area contributed by atoms with E-state index in [4.69, 9.17) is 4.74 Å². The Morgan fingerprint density at radius 1 is 1.24 bits per heavy atom. The second kappa shape index (κ2) is 6.33. The number of thiophene rings is 1. The van der Waals surface area contributed by atoms with Crippen molar-refractivity contribution in [3.8, 4) is 16.3 Å². The normalized spacial score (nSPS) is 12.4. The molecule has 2 aromatic heterocycles. The van der Waals surface area contributed by atoms with Crippen molar-refractivity contribution in [3.05, 3.63) is 47.5 Å². The molecule has 4 rings (SSSR count). The van der Waals surface area contributed by atoms with Crippen molar-refractivity contribution in [2.24, 2.45) is 0 Å². The van der Waals surface area contributed by atoms with E-state index in [0.717, 1.165) is 27.5 Å². The molecule has 0 saturated carbocycles. The van der Waals surface area contributed by atoms with E-state index in [9.17, 15) is 9.59 Å². The van der Waals surface area contributed by atoms with E-state index in [0.29, 0.717) is 18.2 Å². The van der Waals surface area contributed by atoms with E-state index in [1.807, 2.05) is 11.4 Å². The van der Waals surface area contributed by atoms with Crippen molar-refractivity contribution in [2.45, 2.75) is 6.42 Å². The molecule has 7 nitrogen and oxygen atoms in total. The molecule has 0 unspecified atom stereocenters. The molecule has 8 heteroatoms. The Bertz CT molecular complexity index is 953. The first kappa shape index (κ1) is 15.3. The van der Waals surface area contributed by atoms with Crippen LogP contribution < -0.4 is 15.4 Å². The molecule has 3 aromatic rings. The van der Waals surface area contributed by atoms with Crippen LogP contribution in [0.2, 0.25) is 0 Å². The molecule has 0 fully saturated rings. The van der Waals surface area contributed by atoms with Gasteiger partial charge in [-0.2, -0.15) is 0 Å². The Balaban J connectivity index is 1.65. The lowest BCUT2D eigenvalue weighted by molar-refractivity contribution is -0.120. The summed E-state index contributed by atoms with van der Waals surface area (Å²) in [6.45, 7) is 0.381. The Morgan fingerprint density at radius 3 is 2.88 bits per heavy atom. The summed E-state index contributed by atoms with van der Waals surface area (Å²) in [5, 5.41) is 7.91. The molecule has 0 saturated heterocycles. The van der Waals surface area contributed by atoms with Crippen LogP contribution in [0.1, 0.15) is 5.56 Å². The van der Waals surface area contributed by atoms with Gasteiger partial charge in [-0.3, -0.25) is 9.59 Å². The summed E-state index contributed by atoms with van der Waals surface area (Å²) in [6, 6.07) is 8.72. The lowest BCUT2D eigenvalue weighted by Crippen LogP contribution is -2.12. The Hall–Kier alpha value is -3.26. The number of nitrogens with one attached hydrogen (secondary N) is 2. The summed E-state index contributed by atoms with van der Waals surface area (Å²) in [4.78, 5) is 32.1. The van der Waals surface area contributed by atoms with Gasteiger partial charge in [0, 0.05) is 17.4 Å². The monoisotopic (exact) mass is 352 g/mol. The number of carbonyl (C=O) groups excluding carboxylic acids is 2. The van der Waals surface area contributed by atoms with E-state index >= 15 is 0 Å². The third-order valence-electron chi connectivity index (χ3n) is 3.66. The van der Waals surface area contributed by atoms with Crippen LogP contribution in [-0.2, 0) is 16.0 Å². The number of amides is 1. The topological polar surface area (TPSA) is 93.2 Å². The van der Waals surface area contributed by atoms with Crippen LogP contribution in [0.25, 0.3) is 10.6 Å². The number of hydrogen-bond donors (Lipinski definition) is 2. The van der Waals surface area contributed by atoms with Gasteiger partial charge in [0.25, 0.3) is 6.47 Å². The highest BCUT2D eigenvalue weighted by molar-refractivity contribution is 7.14. The van der Waals surface area contributed by atoms with Gasteiger partial charge in [-0.1, -0.05) is 0 Å². The molecular weight excluding hydrogens is 340 g/mol. The average Bonchev–Trinajstić information content (AvgIpc) is 3.01. The van der Waals surface area contributed by atoms with Crippen molar-refractivity contribution in [1.82, 2.24) is 9.97 Å². The van der Waals surface area contributed by atoms with Gasteiger partial charge in [-0.25, -0.2) is 9.97 Å². The molecule has 0 radical (unpaired) electrons.